The fourth-order valence-electron chi connectivity index (χ4n) is 3.15. The third kappa shape index (κ3) is 4.93. The number of amides is 1. The number of hydrogen-bond acceptors (Lipinski definition) is 3. The van der Waals surface area contributed by atoms with Crippen LogP contribution in [0.1, 0.15) is 43.5 Å². The van der Waals surface area contributed by atoms with Crippen LogP contribution in [0.5, 0.6) is 0 Å². The second-order valence-electron chi connectivity index (χ2n) is 7.86. The Hall–Kier alpha value is -2.05. The number of benzene rings is 2. The SMILES string of the molecule is CC(C)CCN(C(=O)c1cc(S(=O)(=O)N(C)c2ccccc2)ccc1Cl)C1CC1. The van der Waals surface area contributed by atoms with E-state index < -0.39 is 10.0 Å². The van der Waals surface area contributed by atoms with Gasteiger partial charge in [-0.25, -0.2) is 8.42 Å². The average molecular weight is 435 g/mol. The van der Waals surface area contributed by atoms with Gasteiger partial charge in [-0.05, 0) is 55.5 Å². The van der Waals surface area contributed by atoms with E-state index in [2.05, 4.69) is 13.8 Å². The first-order valence-corrected chi connectivity index (χ1v) is 11.7. The van der Waals surface area contributed by atoms with Crippen molar-refractivity contribution in [2.75, 3.05) is 17.9 Å². The van der Waals surface area contributed by atoms with Crippen molar-refractivity contribution in [3.05, 3.63) is 59.1 Å². The molecule has 7 heteroatoms. The van der Waals surface area contributed by atoms with Crippen LogP contribution < -0.4 is 4.31 Å². The normalized spacial score (nSPS) is 14.1. The highest BCUT2D eigenvalue weighted by Crippen LogP contribution is 2.32. The van der Waals surface area contributed by atoms with E-state index in [1.807, 2.05) is 11.0 Å². The van der Waals surface area contributed by atoms with Crippen molar-refractivity contribution in [2.45, 2.75) is 44.0 Å². The first kappa shape index (κ1) is 21.7. The van der Waals surface area contributed by atoms with E-state index in [-0.39, 0.29) is 27.4 Å². The van der Waals surface area contributed by atoms with E-state index in [0.717, 1.165) is 19.3 Å². The highest BCUT2D eigenvalue weighted by Gasteiger charge is 2.34. The van der Waals surface area contributed by atoms with Gasteiger partial charge >= 0.3 is 0 Å². The second kappa shape index (κ2) is 8.76. The van der Waals surface area contributed by atoms with E-state index in [1.54, 1.807) is 24.3 Å². The molecule has 2 aromatic rings. The molecule has 3 rings (SSSR count). The molecule has 0 atom stereocenters. The maximum Gasteiger partial charge on any atom is 0.264 e. The number of rotatable bonds is 8. The van der Waals surface area contributed by atoms with Crippen LogP contribution in [0.4, 0.5) is 5.69 Å². The van der Waals surface area contributed by atoms with Crippen molar-refractivity contribution >= 4 is 33.2 Å². The molecular formula is C22H27ClN2O3S. The van der Waals surface area contributed by atoms with Gasteiger partial charge in [0.15, 0.2) is 0 Å². The van der Waals surface area contributed by atoms with Gasteiger partial charge in [-0.3, -0.25) is 9.10 Å². The fraction of sp³-hybridized carbons (Fsp3) is 0.409. The van der Waals surface area contributed by atoms with Gasteiger partial charge < -0.3 is 4.90 Å². The van der Waals surface area contributed by atoms with Gasteiger partial charge in [0.25, 0.3) is 15.9 Å². The summed E-state index contributed by atoms with van der Waals surface area (Å²) in [5.74, 6) is 0.281. The summed E-state index contributed by atoms with van der Waals surface area (Å²) in [6.45, 7) is 4.89. The summed E-state index contributed by atoms with van der Waals surface area (Å²) in [6, 6.07) is 13.4. The zero-order chi connectivity index (χ0) is 21.2. The average Bonchev–Trinajstić information content (AvgIpc) is 3.53. The van der Waals surface area contributed by atoms with Crippen molar-refractivity contribution in [3.63, 3.8) is 0 Å². The molecule has 0 N–H and O–H groups in total. The molecular weight excluding hydrogens is 408 g/mol. The summed E-state index contributed by atoms with van der Waals surface area (Å²) >= 11 is 6.31. The molecule has 5 nitrogen and oxygen atoms in total. The maximum absolute atomic E-state index is 13.2. The van der Waals surface area contributed by atoms with Crippen molar-refractivity contribution in [3.8, 4) is 0 Å². The Morgan fingerprint density at radius 3 is 2.38 bits per heavy atom. The number of anilines is 1. The molecule has 1 aliphatic rings. The number of carbonyl (C=O) groups excluding carboxylic acids is 1. The van der Waals surface area contributed by atoms with E-state index >= 15 is 0 Å². The first-order chi connectivity index (χ1) is 13.7. The third-order valence-corrected chi connectivity index (χ3v) is 7.25. The first-order valence-electron chi connectivity index (χ1n) is 9.86. The van der Waals surface area contributed by atoms with Crippen LogP contribution >= 0.6 is 11.6 Å². The van der Waals surface area contributed by atoms with Crippen molar-refractivity contribution < 1.29 is 13.2 Å². The molecule has 1 saturated carbocycles. The Balaban J connectivity index is 1.92. The number of hydrogen-bond donors (Lipinski definition) is 0. The Morgan fingerprint density at radius 1 is 1.14 bits per heavy atom. The molecule has 1 amide bonds. The highest BCUT2D eigenvalue weighted by molar-refractivity contribution is 7.92. The lowest BCUT2D eigenvalue weighted by Gasteiger charge is -2.25. The largest absolute Gasteiger partial charge is 0.336 e. The number of carbonyl (C=O) groups is 1. The predicted molar refractivity (Wildman–Crippen MR) is 117 cm³/mol. The van der Waals surface area contributed by atoms with E-state index in [4.69, 9.17) is 11.6 Å². The number of halogens is 1. The number of nitrogens with zero attached hydrogens (tertiary/aromatic N) is 2. The van der Waals surface area contributed by atoms with Gasteiger partial charge in [0.05, 0.1) is 21.2 Å². The molecule has 1 fully saturated rings. The summed E-state index contributed by atoms with van der Waals surface area (Å²) in [6.07, 6.45) is 2.86. The predicted octanol–water partition coefficient (Wildman–Crippen LogP) is 4.82. The highest BCUT2D eigenvalue weighted by atomic mass is 35.5. The van der Waals surface area contributed by atoms with Crippen molar-refractivity contribution in [1.29, 1.82) is 0 Å². The third-order valence-electron chi connectivity index (χ3n) is 5.14. The molecule has 0 spiro atoms. The molecule has 156 valence electrons. The minimum atomic E-state index is -3.82. The lowest BCUT2D eigenvalue weighted by atomic mass is 10.1. The zero-order valence-corrected chi connectivity index (χ0v) is 18.6. The Kier molecular flexibility index (Phi) is 6.54. The number of para-hydroxylation sites is 1. The quantitative estimate of drug-likeness (QED) is 0.598. The van der Waals surface area contributed by atoms with E-state index in [1.165, 1.54) is 29.6 Å². The molecule has 0 aliphatic heterocycles. The summed E-state index contributed by atoms with van der Waals surface area (Å²) in [7, 11) is -2.32. The van der Waals surface area contributed by atoms with Crippen LogP contribution in [-0.2, 0) is 10.0 Å². The van der Waals surface area contributed by atoms with Crippen LogP contribution in [-0.4, -0.2) is 38.9 Å². The summed E-state index contributed by atoms with van der Waals surface area (Å²) < 4.78 is 27.4. The van der Waals surface area contributed by atoms with Crippen LogP contribution in [0.3, 0.4) is 0 Å². The lowest BCUT2D eigenvalue weighted by Crippen LogP contribution is -2.35. The molecule has 0 heterocycles. The van der Waals surface area contributed by atoms with Crippen molar-refractivity contribution in [2.24, 2.45) is 5.92 Å². The smallest absolute Gasteiger partial charge is 0.264 e. The van der Waals surface area contributed by atoms with Crippen LogP contribution in [0.25, 0.3) is 0 Å². The minimum Gasteiger partial charge on any atom is -0.336 e. The minimum absolute atomic E-state index is 0.0520. The lowest BCUT2D eigenvalue weighted by molar-refractivity contribution is 0.0735. The van der Waals surface area contributed by atoms with Gasteiger partial charge in [-0.1, -0.05) is 43.6 Å². The topological polar surface area (TPSA) is 57.7 Å². The molecule has 29 heavy (non-hydrogen) atoms. The van der Waals surface area contributed by atoms with E-state index in [0.29, 0.717) is 18.2 Å². The zero-order valence-electron chi connectivity index (χ0n) is 17.0. The molecule has 0 unspecified atom stereocenters. The van der Waals surface area contributed by atoms with Crippen molar-refractivity contribution in [1.82, 2.24) is 4.90 Å². The van der Waals surface area contributed by atoms with Gasteiger partial charge in [0, 0.05) is 19.6 Å². The summed E-state index contributed by atoms with van der Waals surface area (Å²) in [5.41, 5.74) is 0.789. The van der Waals surface area contributed by atoms with Gasteiger partial charge in [-0.2, -0.15) is 0 Å². The Labute approximate surface area is 178 Å². The fourth-order valence-corrected chi connectivity index (χ4v) is 4.57. The van der Waals surface area contributed by atoms with Crippen LogP contribution in [0.2, 0.25) is 5.02 Å². The molecule has 1 aliphatic carbocycles. The van der Waals surface area contributed by atoms with Gasteiger partial charge in [-0.15, -0.1) is 0 Å². The monoisotopic (exact) mass is 434 g/mol. The van der Waals surface area contributed by atoms with Gasteiger partial charge in [0.2, 0.25) is 0 Å². The van der Waals surface area contributed by atoms with Gasteiger partial charge in [0.1, 0.15) is 0 Å². The summed E-state index contributed by atoms with van der Waals surface area (Å²) in [4.78, 5) is 15.1. The standard InChI is InChI=1S/C22H27ClN2O3S/c1-16(2)13-14-25(18-9-10-18)22(26)20-15-19(11-12-21(20)23)29(27,28)24(3)17-7-5-4-6-8-17/h4-8,11-12,15-16,18H,9-10,13-14H2,1-3H3. The van der Waals surface area contributed by atoms with E-state index in [9.17, 15) is 13.2 Å². The van der Waals surface area contributed by atoms with Crippen LogP contribution in [0, 0.1) is 5.92 Å². The second-order valence-corrected chi connectivity index (χ2v) is 10.2. The molecule has 2 aromatic carbocycles. The molecule has 0 aromatic heterocycles. The van der Waals surface area contributed by atoms with Crippen LogP contribution in [0.15, 0.2) is 53.4 Å². The molecule has 0 bridgehead atoms. The number of sulfonamides is 1. The Bertz CT molecular complexity index is 973. The molecule has 0 radical (unpaired) electrons. The Morgan fingerprint density at radius 2 is 1.79 bits per heavy atom. The maximum atomic E-state index is 13.2. The summed E-state index contributed by atoms with van der Waals surface area (Å²) in [5, 5.41) is 0.270. The molecule has 0 saturated heterocycles.